The molecular formula is C35H31F2N3O8S. The van der Waals surface area contributed by atoms with E-state index in [1.165, 1.54) is 56.6 Å². The maximum Gasteiger partial charge on any atom is 0.255 e. The fourth-order valence-corrected chi connectivity index (χ4v) is 6.57. The van der Waals surface area contributed by atoms with Crippen LogP contribution in [0.5, 0.6) is 5.75 Å². The minimum absolute atomic E-state index is 0.0136. The molecule has 6 rings (SSSR count). The number of ether oxygens (including phenoxy) is 1. The molecule has 0 spiro atoms. The molecule has 49 heavy (non-hydrogen) atoms. The Bertz CT molecular complexity index is 2300. The molecule has 11 nitrogen and oxygen atoms in total. The SMILES string of the molecule is CNC(=O)c1c(-c2ccc(F)cc2)oc2cc(N(CCC(O)CO)S(C)(=O)=O)c(-c3ccc(OC)c(-c4nc5c(F)cccc5o4)c3)cc12. The van der Waals surface area contributed by atoms with Gasteiger partial charge in [-0.3, -0.25) is 9.10 Å². The van der Waals surface area contributed by atoms with Gasteiger partial charge in [-0.1, -0.05) is 12.1 Å². The molecular weight excluding hydrogens is 660 g/mol. The number of amides is 1. The first kappa shape index (κ1) is 33.6. The number of fused-ring (bicyclic) bond motifs is 2. The number of aliphatic hydroxyl groups is 2. The average molecular weight is 692 g/mol. The molecule has 254 valence electrons. The monoisotopic (exact) mass is 691 g/mol. The molecule has 4 aromatic carbocycles. The fraction of sp³-hybridized carbons (Fsp3) is 0.200. The standard InChI is InChI=1S/C35H31F2N3O8S/c1-38-34(43)31-24-16-23(20-9-12-28(46-2)25(15-20)35-39-32-26(37)5-4-6-29(32)48-35)27(40(49(3,44)45)14-13-22(42)18-41)17-30(24)47-33(31)19-7-10-21(36)11-8-19/h4-12,15-17,22,41-42H,13-14,18H2,1-3H3,(H,38,43). The van der Waals surface area contributed by atoms with Crippen molar-refractivity contribution in [3.05, 3.63) is 90.0 Å². The lowest BCUT2D eigenvalue weighted by Crippen LogP contribution is -2.33. The van der Waals surface area contributed by atoms with Gasteiger partial charge in [0, 0.05) is 36.2 Å². The highest BCUT2D eigenvalue weighted by atomic mass is 32.2. The smallest absolute Gasteiger partial charge is 0.255 e. The zero-order chi connectivity index (χ0) is 35.0. The number of halogens is 2. The van der Waals surface area contributed by atoms with E-state index in [2.05, 4.69) is 10.3 Å². The van der Waals surface area contributed by atoms with E-state index >= 15 is 0 Å². The topological polar surface area (TPSA) is 155 Å². The summed E-state index contributed by atoms with van der Waals surface area (Å²) in [6, 6.07) is 17.7. The second-order valence-corrected chi connectivity index (χ2v) is 13.1. The van der Waals surface area contributed by atoms with Crippen LogP contribution in [-0.2, 0) is 10.0 Å². The lowest BCUT2D eigenvalue weighted by molar-refractivity contribution is 0.0904. The van der Waals surface area contributed by atoms with Crippen molar-refractivity contribution in [2.45, 2.75) is 12.5 Å². The summed E-state index contributed by atoms with van der Waals surface area (Å²) in [6.45, 7) is -0.800. The van der Waals surface area contributed by atoms with Gasteiger partial charge in [-0.05, 0) is 66.6 Å². The van der Waals surface area contributed by atoms with E-state index in [1.807, 2.05) is 0 Å². The molecule has 0 aliphatic rings. The van der Waals surface area contributed by atoms with Crippen molar-refractivity contribution < 1.29 is 45.8 Å². The number of nitrogens with zero attached hydrogens (tertiary/aromatic N) is 2. The van der Waals surface area contributed by atoms with Crippen molar-refractivity contribution in [3.63, 3.8) is 0 Å². The molecule has 0 saturated carbocycles. The number of rotatable bonds is 11. The Morgan fingerprint density at radius 2 is 1.73 bits per heavy atom. The van der Waals surface area contributed by atoms with Gasteiger partial charge in [0.1, 0.15) is 28.4 Å². The number of furan rings is 1. The Balaban J connectivity index is 1.65. The second kappa shape index (κ2) is 13.3. The Morgan fingerprint density at radius 1 is 1.00 bits per heavy atom. The van der Waals surface area contributed by atoms with Gasteiger partial charge in [0.15, 0.2) is 11.4 Å². The molecule has 2 aromatic heterocycles. The first-order chi connectivity index (χ1) is 23.4. The van der Waals surface area contributed by atoms with Crippen LogP contribution in [0.15, 0.2) is 81.6 Å². The van der Waals surface area contributed by atoms with Crippen molar-refractivity contribution in [1.29, 1.82) is 0 Å². The first-order valence-corrected chi connectivity index (χ1v) is 16.9. The van der Waals surface area contributed by atoms with E-state index in [-0.39, 0.29) is 52.6 Å². The van der Waals surface area contributed by atoms with Crippen LogP contribution in [0, 0.1) is 11.6 Å². The number of para-hydroxylation sites is 1. The number of oxazole rings is 1. The highest BCUT2D eigenvalue weighted by Gasteiger charge is 2.28. The van der Waals surface area contributed by atoms with E-state index in [0.717, 1.165) is 10.6 Å². The minimum atomic E-state index is -4.02. The third-order valence-electron chi connectivity index (χ3n) is 8.02. The van der Waals surface area contributed by atoms with Crippen LogP contribution in [0.2, 0.25) is 0 Å². The molecule has 3 N–H and O–H groups in total. The van der Waals surface area contributed by atoms with Crippen LogP contribution in [0.1, 0.15) is 16.8 Å². The molecule has 0 radical (unpaired) electrons. The summed E-state index contributed by atoms with van der Waals surface area (Å²) in [6.07, 6.45) is -0.302. The number of nitrogens with one attached hydrogen (secondary N) is 1. The molecule has 1 amide bonds. The van der Waals surface area contributed by atoms with Crippen molar-refractivity contribution in [1.82, 2.24) is 10.3 Å². The van der Waals surface area contributed by atoms with Crippen molar-refractivity contribution >= 4 is 43.7 Å². The Kier molecular flexibility index (Phi) is 9.12. The lowest BCUT2D eigenvalue weighted by atomic mass is 9.96. The van der Waals surface area contributed by atoms with Crippen LogP contribution in [-0.4, -0.2) is 69.2 Å². The summed E-state index contributed by atoms with van der Waals surface area (Å²) in [5.74, 6) is -1.08. The third-order valence-corrected chi connectivity index (χ3v) is 9.20. The van der Waals surface area contributed by atoms with Crippen LogP contribution in [0.4, 0.5) is 14.5 Å². The maximum absolute atomic E-state index is 14.6. The first-order valence-electron chi connectivity index (χ1n) is 15.0. The summed E-state index contributed by atoms with van der Waals surface area (Å²) in [5, 5.41) is 22.5. The Hall–Kier alpha value is -5.31. The van der Waals surface area contributed by atoms with Gasteiger partial charge in [-0.2, -0.15) is 0 Å². The molecule has 6 aromatic rings. The molecule has 0 aliphatic carbocycles. The number of hydrogen-bond acceptors (Lipinski definition) is 9. The predicted octanol–water partition coefficient (Wildman–Crippen LogP) is 5.73. The molecule has 1 atom stereocenters. The molecule has 1 unspecified atom stereocenters. The van der Waals surface area contributed by atoms with Crippen LogP contribution in [0.25, 0.3) is 56.0 Å². The number of sulfonamides is 1. The summed E-state index contributed by atoms with van der Waals surface area (Å²) in [4.78, 5) is 17.7. The second-order valence-electron chi connectivity index (χ2n) is 11.2. The minimum Gasteiger partial charge on any atom is -0.496 e. The fourth-order valence-electron chi connectivity index (χ4n) is 5.62. The van der Waals surface area contributed by atoms with E-state index in [4.69, 9.17) is 13.6 Å². The largest absolute Gasteiger partial charge is 0.496 e. The van der Waals surface area contributed by atoms with Gasteiger partial charge >= 0.3 is 0 Å². The highest BCUT2D eigenvalue weighted by Crippen LogP contribution is 2.44. The van der Waals surface area contributed by atoms with Crippen molar-refractivity contribution in [3.8, 4) is 39.7 Å². The van der Waals surface area contributed by atoms with E-state index < -0.39 is 40.3 Å². The summed E-state index contributed by atoms with van der Waals surface area (Å²) in [7, 11) is -1.13. The summed E-state index contributed by atoms with van der Waals surface area (Å²) >= 11 is 0. The van der Waals surface area contributed by atoms with Gasteiger partial charge in [0.05, 0.1) is 42.9 Å². The molecule has 0 aliphatic heterocycles. The number of aromatic nitrogens is 1. The molecule has 0 saturated heterocycles. The summed E-state index contributed by atoms with van der Waals surface area (Å²) in [5.41, 5.74) is 2.10. The average Bonchev–Trinajstić information content (AvgIpc) is 3.69. The van der Waals surface area contributed by atoms with E-state index in [1.54, 1.807) is 30.3 Å². The van der Waals surface area contributed by atoms with E-state index in [0.29, 0.717) is 33.4 Å². The highest BCUT2D eigenvalue weighted by molar-refractivity contribution is 7.92. The molecule has 2 heterocycles. The van der Waals surface area contributed by atoms with Crippen LogP contribution < -0.4 is 14.4 Å². The molecule has 0 fully saturated rings. The van der Waals surface area contributed by atoms with Gasteiger partial charge in [0.2, 0.25) is 15.9 Å². The number of anilines is 1. The third kappa shape index (κ3) is 6.45. The van der Waals surface area contributed by atoms with Crippen LogP contribution in [0.3, 0.4) is 0 Å². The quantitative estimate of drug-likeness (QED) is 0.155. The van der Waals surface area contributed by atoms with E-state index in [9.17, 15) is 32.2 Å². The number of hydrogen-bond donors (Lipinski definition) is 3. The van der Waals surface area contributed by atoms with Gasteiger partial charge in [-0.25, -0.2) is 22.2 Å². The zero-order valence-electron chi connectivity index (χ0n) is 26.5. The Morgan fingerprint density at radius 3 is 2.39 bits per heavy atom. The van der Waals surface area contributed by atoms with Crippen molar-refractivity contribution in [2.75, 3.05) is 37.9 Å². The van der Waals surface area contributed by atoms with Crippen LogP contribution >= 0.6 is 0 Å². The lowest BCUT2D eigenvalue weighted by Gasteiger charge is -2.26. The van der Waals surface area contributed by atoms with Gasteiger partial charge < -0.3 is 29.1 Å². The van der Waals surface area contributed by atoms with Gasteiger partial charge in [-0.15, -0.1) is 0 Å². The molecule has 14 heteroatoms. The molecule has 0 bridgehead atoms. The predicted molar refractivity (Wildman–Crippen MR) is 180 cm³/mol. The number of methoxy groups -OCH3 is 1. The van der Waals surface area contributed by atoms with Gasteiger partial charge in [0.25, 0.3) is 5.91 Å². The number of carbonyl (C=O) groups is 1. The number of aliphatic hydroxyl groups excluding tert-OH is 2. The maximum atomic E-state index is 14.6. The number of carbonyl (C=O) groups excluding carboxylic acids is 1. The normalized spacial score (nSPS) is 12.4. The summed E-state index contributed by atoms with van der Waals surface area (Å²) < 4.78 is 73.8. The van der Waals surface area contributed by atoms with Crippen molar-refractivity contribution in [2.24, 2.45) is 0 Å². The Labute approximate surface area is 279 Å². The number of benzene rings is 4. The zero-order valence-corrected chi connectivity index (χ0v) is 27.3.